The first-order valence-corrected chi connectivity index (χ1v) is 10.8. The molecule has 2 N–H and O–H groups in total. The van der Waals surface area contributed by atoms with Gasteiger partial charge in [0.25, 0.3) is 5.56 Å². The van der Waals surface area contributed by atoms with Gasteiger partial charge in [0.15, 0.2) is 0 Å². The highest BCUT2D eigenvalue weighted by Gasteiger charge is 2.14. The van der Waals surface area contributed by atoms with Gasteiger partial charge in [0.2, 0.25) is 0 Å². The number of benzene rings is 2. The molecule has 0 saturated heterocycles. The quantitative estimate of drug-likeness (QED) is 0.629. The van der Waals surface area contributed by atoms with Gasteiger partial charge in [0, 0.05) is 39.5 Å². The highest BCUT2D eigenvalue weighted by Crippen LogP contribution is 2.29. The predicted molar refractivity (Wildman–Crippen MR) is 114 cm³/mol. The van der Waals surface area contributed by atoms with E-state index in [4.69, 9.17) is 16.3 Å². The lowest BCUT2D eigenvalue weighted by Crippen LogP contribution is -2.19. The van der Waals surface area contributed by atoms with E-state index in [0.717, 1.165) is 16.6 Å². The Kier molecular flexibility index (Phi) is 5.22. The lowest BCUT2D eigenvalue weighted by molar-refractivity contribution is 0.404. The van der Waals surface area contributed by atoms with E-state index in [1.807, 2.05) is 19.1 Å². The number of fused-ring (bicyclic) bond motifs is 1. The third-order valence-corrected chi connectivity index (χ3v) is 5.82. The van der Waals surface area contributed by atoms with Crippen LogP contribution in [0, 0.1) is 0 Å². The lowest BCUT2D eigenvalue weighted by atomic mass is 10.1. The number of hydrogen-bond donors (Lipinski definition) is 2. The Morgan fingerprint density at radius 3 is 2.63 bits per heavy atom. The molecule has 0 aliphatic heterocycles. The van der Waals surface area contributed by atoms with Crippen LogP contribution >= 0.6 is 11.6 Å². The summed E-state index contributed by atoms with van der Waals surface area (Å²) < 4.78 is 17.6. The van der Waals surface area contributed by atoms with E-state index in [0.29, 0.717) is 21.2 Å². The molecule has 142 valence electrons. The van der Waals surface area contributed by atoms with Gasteiger partial charge in [-0.25, -0.2) is 0 Å². The van der Waals surface area contributed by atoms with Crippen LogP contribution in [0.3, 0.4) is 0 Å². The first kappa shape index (κ1) is 19.3. The summed E-state index contributed by atoms with van der Waals surface area (Å²) in [5, 5.41) is 4.76. The van der Waals surface area contributed by atoms with Crippen molar-refractivity contribution >= 4 is 43.6 Å². The average Bonchev–Trinajstić information content (AvgIpc) is 2.60. The van der Waals surface area contributed by atoms with E-state index < -0.39 is 9.52 Å². The smallest absolute Gasteiger partial charge is 0.253 e. The van der Waals surface area contributed by atoms with Crippen LogP contribution in [0.25, 0.3) is 10.9 Å². The SMILES string of the molecule is C=S(C)(=O)c1ccc(N[C@@H](C)c2cc3cc(Cl)ccc3[nH]c2=O)cc1OC. The highest BCUT2D eigenvalue weighted by molar-refractivity contribution is 7.99. The Balaban J connectivity index is 1.96. The largest absolute Gasteiger partial charge is 0.495 e. The molecule has 0 fully saturated rings. The first-order valence-electron chi connectivity index (χ1n) is 8.28. The summed E-state index contributed by atoms with van der Waals surface area (Å²) >= 11 is 6.05. The van der Waals surface area contributed by atoms with Gasteiger partial charge in [-0.05, 0) is 58.7 Å². The molecule has 0 aliphatic carbocycles. The number of halogens is 1. The Morgan fingerprint density at radius 1 is 1.22 bits per heavy atom. The third kappa shape index (κ3) is 4.12. The number of aromatic nitrogens is 1. The Bertz CT molecular complexity index is 1170. The number of aromatic amines is 1. The summed E-state index contributed by atoms with van der Waals surface area (Å²) in [6.45, 7) is 1.89. The van der Waals surface area contributed by atoms with Gasteiger partial charge in [0.05, 0.1) is 18.0 Å². The van der Waals surface area contributed by atoms with Crippen LogP contribution in [0.1, 0.15) is 18.5 Å². The minimum Gasteiger partial charge on any atom is -0.495 e. The number of rotatable bonds is 5. The van der Waals surface area contributed by atoms with E-state index in [-0.39, 0.29) is 11.6 Å². The monoisotopic (exact) mass is 404 g/mol. The molecule has 0 radical (unpaired) electrons. The zero-order valence-electron chi connectivity index (χ0n) is 15.3. The molecule has 1 heterocycles. The normalized spacial score (nSPS) is 14.5. The zero-order valence-corrected chi connectivity index (χ0v) is 16.9. The van der Waals surface area contributed by atoms with Crippen molar-refractivity contribution in [3.8, 4) is 5.75 Å². The highest BCUT2D eigenvalue weighted by atomic mass is 35.5. The standard InChI is InChI=1S/C20H21ClN2O3S/c1-12(16-10-13-9-14(21)5-7-17(13)23-20(16)24)22-15-6-8-19(27(3,4)25)18(11-15)26-2/h5-12,22H,3H2,1-2,4H3,(H,23,24)/t12-,27?/m0/s1. The Labute approximate surface area is 163 Å². The molecule has 1 unspecified atom stereocenters. The molecule has 3 rings (SSSR count). The Hall–Kier alpha value is -2.44. The number of hydrogen-bond acceptors (Lipinski definition) is 4. The molecule has 27 heavy (non-hydrogen) atoms. The van der Waals surface area contributed by atoms with E-state index in [2.05, 4.69) is 16.2 Å². The average molecular weight is 405 g/mol. The van der Waals surface area contributed by atoms with Crippen molar-refractivity contribution < 1.29 is 8.95 Å². The van der Waals surface area contributed by atoms with Crippen molar-refractivity contribution in [2.75, 3.05) is 18.7 Å². The fourth-order valence-electron chi connectivity index (χ4n) is 2.96. The van der Waals surface area contributed by atoms with Crippen molar-refractivity contribution in [3.63, 3.8) is 0 Å². The minimum atomic E-state index is -2.40. The second-order valence-electron chi connectivity index (χ2n) is 6.52. The van der Waals surface area contributed by atoms with Gasteiger partial charge < -0.3 is 15.0 Å². The van der Waals surface area contributed by atoms with Crippen molar-refractivity contribution in [2.24, 2.45) is 0 Å². The second-order valence-corrected chi connectivity index (χ2v) is 9.41. The number of pyridine rings is 1. The van der Waals surface area contributed by atoms with Gasteiger partial charge in [-0.2, -0.15) is 0 Å². The van der Waals surface area contributed by atoms with Crippen LogP contribution in [0.15, 0.2) is 52.2 Å². The van der Waals surface area contributed by atoms with Gasteiger partial charge in [-0.15, -0.1) is 0 Å². The van der Waals surface area contributed by atoms with Crippen molar-refractivity contribution in [1.29, 1.82) is 0 Å². The molecule has 0 spiro atoms. The number of H-pyrrole nitrogens is 1. The van der Waals surface area contributed by atoms with Crippen LogP contribution in [-0.4, -0.2) is 28.4 Å². The Morgan fingerprint density at radius 2 is 1.96 bits per heavy atom. The number of anilines is 1. The summed E-state index contributed by atoms with van der Waals surface area (Å²) in [4.78, 5) is 15.9. The molecule has 2 atom stereocenters. The molecular weight excluding hydrogens is 384 g/mol. The lowest BCUT2D eigenvalue weighted by Gasteiger charge is -2.18. The van der Waals surface area contributed by atoms with Crippen LogP contribution < -0.4 is 15.6 Å². The second kappa shape index (κ2) is 7.29. The molecule has 0 saturated carbocycles. The van der Waals surface area contributed by atoms with Crippen LogP contribution in [-0.2, 0) is 9.52 Å². The molecule has 0 amide bonds. The molecule has 7 heteroatoms. The molecule has 3 aromatic rings. The fourth-order valence-corrected chi connectivity index (χ4v) is 4.06. The van der Waals surface area contributed by atoms with Gasteiger partial charge in [-0.1, -0.05) is 11.6 Å². The fraction of sp³-hybridized carbons (Fsp3) is 0.200. The molecule has 0 bridgehead atoms. The number of ether oxygens (including phenoxy) is 1. The van der Waals surface area contributed by atoms with Crippen LogP contribution in [0.4, 0.5) is 5.69 Å². The minimum absolute atomic E-state index is 0.164. The van der Waals surface area contributed by atoms with Crippen molar-refractivity contribution in [3.05, 3.63) is 63.4 Å². The molecule has 5 nitrogen and oxygen atoms in total. The van der Waals surface area contributed by atoms with Gasteiger partial charge in [-0.3, -0.25) is 9.00 Å². The van der Waals surface area contributed by atoms with E-state index in [1.54, 1.807) is 36.6 Å². The number of nitrogens with one attached hydrogen (secondary N) is 2. The molecule has 0 aliphatic rings. The predicted octanol–water partition coefficient (Wildman–Crippen LogP) is 4.07. The topological polar surface area (TPSA) is 71.2 Å². The molecule has 2 aromatic carbocycles. The summed E-state index contributed by atoms with van der Waals surface area (Å²) in [6, 6.07) is 12.2. The summed E-state index contributed by atoms with van der Waals surface area (Å²) in [5.41, 5.74) is 1.91. The maximum Gasteiger partial charge on any atom is 0.253 e. The summed E-state index contributed by atoms with van der Waals surface area (Å²) in [7, 11) is -0.876. The third-order valence-electron chi connectivity index (χ3n) is 4.31. The maximum absolute atomic E-state index is 12.5. The number of methoxy groups -OCH3 is 1. The van der Waals surface area contributed by atoms with Crippen molar-refractivity contribution in [2.45, 2.75) is 17.9 Å². The van der Waals surface area contributed by atoms with Crippen molar-refractivity contribution in [1.82, 2.24) is 4.98 Å². The zero-order chi connectivity index (χ0) is 19.8. The van der Waals surface area contributed by atoms with E-state index in [1.165, 1.54) is 7.11 Å². The van der Waals surface area contributed by atoms with Crippen LogP contribution in [0.2, 0.25) is 5.02 Å². The first-order chi connectivity index (χ1) is 12.7. The molecule has 1 aromatic heterocycles. The molecular formula is C20H21ClN2O3S. The maximum atomic E-state index is 12.5. The van der Waals surface area contributed by atoms with E-state index in [9.17, 15) is 9.00 Å². The van der Waals surface area contributed by atoms with Gasteiger partial charge in [0.1, 0.15) is 5.75 Å². The van der Waals surface area contributed by atoms with Crippen LogP contribution in [0.5, 0.6) is 5.75 Å². The summed E-state index contributed by atoms with van der Waals surface area (Å²) in [6.07, 6.45) is 1.57. The van der Waals surface area contributed by atoms with E-state index >= 15 is 0 Å². The summed E-state index contributed by atoms with van der Waals surface area (Å²) in [5.74, 6) is 4.20. The van der Waals surface area contributed by atoms with Gasteiger partial charge >= 0.3 is 0 Å².